The fraction of sp³-hybridized carbons (Fsp3) is 0.500. The van der Waals surface area contributed by atoms with Crippen molar-refractivity contribution in [1.29, 1.82) is 0 Å². The molecule has 4 heteroatoms. The zero-order valence-corrected chi connectivity index (χ0v) is 24.8. The summed E-state index contributed by atoms with van der Waals surface area (Å²) in [4.78, 5) is 23.8. The number of esters is 2. The van der Waals surface area contributed by atoms with Gasteiger partial charge in [0.15, 0.2) is 0 Å². The van der Waals surface area contributed by atoms with Crippen LogP contribution in [0.15, 0.2) is 92.1 Å². The maximum absolute atomic E-state index is 11.9. The van der Waals surface area contributed by atoms with Gasteiger partial charge in [-0.3, -0.25) is 9.59 Å². The first-order valence-corrected chi connectivity index (χ1v) is 12.4. The van der Waals surface area contributed by atoms with Gasteiger partial charge in [-0.2, -0.15) is 0 Å². The summed E-state index contributed by atoms with van der Waals surface area (Å²) in [7, 11) is 0. The Balaban J connectivity index is -0.0000000796. The molecule has 0 saturated carbocycles. The average molecular weight is 511 g/mol. The van der Waals surface area contributed by atoms with E-state index in [4.69, 9.17) is 9.47 Å². The van der Waals surface area contributed by atoms with Gasteiger partial charge in [-0.05, 0) is 25.7 Å². The van der Waals surface area contributed by atoms with Gasteiger partial charge in [0.2, 0.25) is 0 Å². The Bertz CT molecular complexity index is 346. The standard InChI is InChI=1S/C18H34O4.7C2H4/c1-5-9-11-15(7-3)17(19)21-13-14-22-18(20)16(8-4)12-10-6-2;7*1-2/h15-16H,5-14H2,1-4H3;7*1-2H2. The SMILES string of the molecule is C=C.C=C.C=C.C=C.C=C.C=C.C=C.CCCCC(CC)C(=O)OCCOC(=O)C(CC)CCCC. The predicted molar refractivity (Wildman–Crippen MR) is 167 cm³/mol. The van der Waals surface area contributed by atoms with E-state index in [1.165, 1.54) is 0 Å². The Kier molecular flexibility index (Phi) is 105. The van der Waals surface area contributed by atoms with Crippen LogP contribution in [0.2, 0.25) is 0 Å². The molecule has 0 aliphatic carbocycles. The second-order valence-corrected chi connectivity index (χ2v) is 5.83. The van der Waals surface area contributed by atoms with Gasteiger partial charge in [0.1, 0.15) is 13.2 Å². The number of hydrogen-bond donors (Lipinski definition) is 0. The normalized spacial score (nSPS) is 9.00. The number of carbonyl (C=O) groups excluding carboxylic acids is 2. The third-order valence-electron chi connectivity index (χ3n) is 4.04. The Labute approximate surface area is 227 Å². The summed E-state index contributed by atoms with van der Waals surface area (Å²) in [6.07, 6.45) is 7.59. The van der Waals surface area contributed by atoms with Gasteiger partial charge in [0.05, 0.1) is 11.8 Å². The van der Waals surface area contributed by atoms with Gasteiger partial charge >= 0.3 is 11.9 Å². The van der Waals surface area contributed by atoms with Crippen LogP contribution >= 0.6 is 0 Å². The van der Waals surface area contributed by atoms with Gasteiger partial charge in [0, 0.05) is 0 Å². The van der Waals surface area contributed by atoms with Crippen LogP contribution in [0.4, 0.5) is 0 Å². The number of ether oxygens (including phenoxy) is 2. The highest BCUT2D eigenvalue weighted by atomic mass is 16.6. The summed E-state index contributed by atoms with van der Waals surface area (Å²) in [6, 6.07) is 0. The van der Waals surface area contributed by atoms with Crippen molar-refractivity contribution >= 4 is 11.9 Å². The molecule has 0 heterocycles. The number of rotatable bonds is 13. The average Bonchev–Trinajstić information content (AvgIpc) is 2.99. The zero-order valence-electron chi connectivity index (χ0n) is 24.8. The van der Waals surface area contributed by atoms with E-state index in [-0.39, 0.29) is 37.0 Å². The van der Waals surface area contributed by atoms with Crippen molar-refractivity contribution in [3.63, 3.8) is 0 Å². The molecule has 0 radical (unpaired) electrons. The Morgan fingerprint density at radius 2 is 0.722 bits per heavy atom. The van der Waals surface area contributed by atoms with Gasteiger partial charge in [0.25, 0.3) is 0 Å². The van der Waals surface area contributed by atoms with Crippen molar-refractivity contribution in [2.45, 2.75) is 79.1 Å². The van der Waals surface area contributed by atoms with Gasteiger partial charge < -0.3 is 9.47 Å². The Hall–Kier alpha value is -2.88. The second kappa shape index (κ2) is 69.7. The third kappa shape index (κ3) is 48.5. The van der Waals surface area contributed by atoms with Gasteiger partial charge in [-0.25, -0.2) is 0 Å². The molecule has 0 saturated heterocycles. The van der Waals surface area contributed by atoms with Gasteiger partial charge in [-0.15, -0.1) is 92.1 Å². The predicted octanol–water partition coefficient (Wildman–Crippen LogP) is 10.1. The minimum absolute atomic E-state index is 0.0244. The molecule has 0 N–H and O–H groups in total. The molecule has 2 unspecified atom stereocenters. The summed E-state index contributed by atoms with van der Waals surface area (Å²) in [5, 5.41) is 0. The number of hydrogen-bond acceptors (Lipinski definition) is 4. The summed E-state index contributed by atoms with van der Waals surface area (Å²) in [5.74, 6) is -0.373. The van der Waals surface area contributed by atoms with Crippen LogP contribution < -0.4 is 0 Å². The molecule has 2 atom stereocenters. The minimum atomic E-state index is -0.162. The van der Waals surface area contributed by atoms with E-state index in [1.54, 1.807) is 0 Å². The molecule has 0 aromatic rings. The molecule has 0 aliphatic rings. The lowest BCUT2D eigenvalue weighted by Crippen LogP contribution is -2.22. The summed E-state index contributed by atoms with van der Waals surface area (Å²) in [6.45, 7) is 50.6. The van der Waals surface area contributed by atoms with Crippen molar-refractivity contribution in [2.75, 3.05) is 13.2 Å². The molecule has 4 nitrogen and oxygen atoms in total. The fourth-order valence-electron chi connectivity index (χ4n) is 2.40. The van der Waals surface area contributed by atoms with Crippen LogP contribution in [0.5, 0.6) is 0 Å². The van der Waals surface area contributed by atoms with Crippen molar-refractivity contribution in [1.82, 2.24) is 0 Å². The first kappa shape index (κ1) is 54.2. The van der Waals surface area contributed by atoms with E-state index < -0.39 is 0 Å². The lowest BCUT2D eigenvalue weighted by atomic mass is 10.00. The zero-order chi connectivity index (χ0) is 30.8. The maximum atomic E-state index is 11.9. The molecular formula is C32H62O4. The highest BCUT2D eigenvalue weighted by Gasteiger charge is 2.19. The second-order valence-electron chi connectivity index (χ2n) is 5.83. The van der Waals surface area contributed by atoms with E-state index in [0.29, 0.717) is 0 Å². The maximum Gasteiger partial charge on any atom is 0.309 e. The molecule has 0 fully saturated rings. The van der Waals surface area contributed by atoms with Crippen LogP contribution in [0.1, 0.15) is 79.1 Å². The Morgan fingerprint density at radius 3 is 0.889 bits per heavy atom. The monoisotopic (exact) mass is 510 g/mol. The highest BCUT2D eigenvalue weighted by Crippen LogP contribution is 2.15. The molecule has 0 rings (SSSR count). The van der Waals surface area contributed by atoms with Gasteiger partial charge in [-0.1, -0.05) is 53.4 Å². The first-order valence-electron chi connectivity index (χ1n) is 12.4. The van der Waals surface area contributed by atoms with E-state index >= 15 is 0 Å². The molecule has 0 bridgehead atoms. The molecular weight excluding hydrogens is 448 g/mol. The first-order chi connectivity index (χ1) is 17.6. The largest absolute Gasteiger partial charge is 0.462 e. The molecule has 0 aliphatic heterocycles. The van der Waals surface area contributed by atoms with E-state index in [1.807, 2.05) is 13.8 Å². The van der Waals surface area contributed by atoms with Crippen molar-refractivity contribution < 1.29 is 19.1 Å². The molecule has 0 aromatic heterocycles. The number of carbonyl (C=O) groups is 2. The molecule has 0 spiro atoms. The lowest BCUT2D eigenvalue weighted by molar-refractivity contribution is -0.157. The summed E-state index contributed by atoms with van der Waals surface area (Å²) < 4.78 is 10.4. The van der Waals surface area contributed by atoms with Crippen LogP contribution in [0, 0.1) is 11.8 Å². The molecule has 0 amide bonds. The summed E-state index contributed by atoms with van der Waals surface area (Å²) >= 11 is 0. The topological polar surface area (TPSA) is 52.6 Å². The van der Waals surface area contributed by atoms with Crippen molar-refractivity contribution in [3.05, 3.63) is 92.1 Å². The molecule has 36 heavy (non-hydrogen) atoms. The van der Waals surface area contributed by atoms with E-state index in [2.05, 4.69) is 106 Å². The Morgan fingerprint density at radius 1 is 0.500 bits per heavy atom. The van der Waals surface area contributed by atoms with E-state index in [9.17, 15) is 9.59 Å². The van der Waals surface area contributed by atoms with Crippen LogP contribution in [0.25, 0.3) is 0 Å². The third-order valence-corrected chi connectivity index (χ3v) is 4.04. The van der Waals surface area contributed by atoms with Crippen LogP contribution in [-0.2, 0) is 19.1 Å². The lowest BCUT2D eigenvalue weighted by Gasteiger charge is -2.15. The number of unbranched alkanes of at least 4 members (excludes halogenated alkanes) is 2. The fourth-order valence-corrected chi connectivity index (χ4v) is 2.40. The van der Waals surface area contributed by atoms with Crippen LogP contribution in [-0.4, -0.2) is 25.2 Å². The van der Waals surface area contributed by atoms with E-state index in [0.717, 1.165) is 51.4 Å². The highest BCUT2D eigenvalue weighted by molar-refractivity contribution is 5.73. The van der Waals surface area contributed by atoms with Crippen LogP contribution in [0.3, 0.4) is 0 Å². The summed E-state index contributed by atoms with van der Waals surface area (Å²) in [5.41, 5.74) is 0. The van der Waals surface area contributed by atoms with Crippen molar-refractivity contribution in [3.8, 4) is 0 Å². The quantitative estimate of drug-likeness (QED) is 0.140. The minimum Gasteiger partial charge on any atom is -0.462 e. The smallest absolute Gasteiger partial charge is 0.309 e. The molecule has 214 valence electrons. The molecule has 0 aromatic carbocycles. The van der Waals surface area contributed by atoms with Crippen molar-refractivity contribution in [2.24, 2.45) is 11.8 Å².